The van der Waals surface area contributed by atoms with E-state index in [1.807, 2.05) is 0 Å². The van der Waals surface area contributed by atoms with Crippen molar-refractivity contribution in [2.45, 2.75) is 6.04 Å². The van der Waals surface area contributed by atoms with Gasteiger partial charge in [-0.25, -0.2) is 8.78 Å². The molecule has 1 aliphatic heterocycles. The summed E-state index contributed by atoms with van der Waals surface area (Å²) in [7, 11) is 0. The summed E-state index contributed by atoms with van der Waals surface area (Å²) in [5, 5.41) is 2.79. The first-order valence-electron chi connectivity index (χ1n) is 8.84. The number of rotatable bonds is 2. The number of amides is 2. The zero-order valence-corrected chi connectivity index (χ0v) is 16.6. The van der Waals surface area contributed by atoms with E-state index in [1.54, 1.807) is 36.4 Å². The van der Waals surface area contributed by atoms with Gasteiger partial charge in [-0.1, -0.05) is 40.2 Å². The monoisotopic (exact) mass is 456 g/mol. The highest BCUT2D eigenvalue weighted by Crippen LogP contribution is 2.38. The molecule has 1 N–H and O–H groups in total. The molecule has 1 aliphatic rings. The maximum absolute atomic E-state index is 14.3. The maximum Gasteiger partial charge on any atom is 0.258 e. The van der Waals surface area contributed by atoms with Crippen LogP contribution in [0.1, 0.15) is 27.5 Å². The van der Waals surface area contributed by atoms with E-state index >= 15 is 0 Å². The highest BCUT2D eigenvalue weighted by Gasteiger charge is 2.34. The lowest BCUT2D eigenvalue weighted by atomic mass is 9.95. The molecule has 0 bridgehead atoms. The molecule has 0 saturated heterocycles. The summed E-state index contributed by atoms with van der Waals surface area (Å²) in [6, 6.07) is 15.9. The molecule has 0 spiro atoms. The van der Waals surface area contributed by atoms with E-state index in [-0.39, 0.29) is 12.1 Å². The van der Waals surface area contributed by atoms with Gasteiger partial charge in [0, 0.05) is 15.7 Å². The van der Waals surface area contributed by atoms with E-state index in [0.717, 1.165) is 4.47 Å². The van der Waals surface area contributed by atoms with Crippen molar-refractivity contribution in [1.29, 1.82) is 0 Å². The Morgan fingerprint density at radius 1 is 1.03 bits per heavy atom. The van der Waals surface area contributed by atoms with Crippen LogP contribution in [0.3, 0.4) is 0 Å². The van der Waals surface area contributed by atoms with Crippen LogP contribution in [-0.4, -0.2) is 23.3 Å². The van der Waals surface area contributed by atoms with Crippen LogP contribution < -0.4 is 5.32 Å². The summed E-state index contributed by atoms with van der Waals surface area (Å²) in [5.41, 5.74) is 1.65. The van der Waals surface area contributed by atoms with Crippen LogP contribution >= 0.6 is 15.9 Å². The van der Waals surface area contributed by atoms with Gasteiger partial charge in [-0.05, 0) is 48.0 Å². The topological polar surface area (TPSA) is 49.4 Å². The van der Waals surface area contributed by atoms with Gasteiger partial charge in [0.15, 0.2) is 0 Å². The van der Waals surface area contributed by atoms with Crippen molar-refractivity contribution in [2.75, 3.05) is 11.9 Å². The molecule has 1 heterocycles. The van der Waals surface area contributed by atoms with E-state index in [1.165, 1.54) is 35.2 Å². The molecule has 0 radical (unpaired) electrons. The van der Waals surface area contributed by atoms with Crippen LogP contribution in [0.2, 0.25) is 0 Å². The van der Waals surface area contributed by atoms with Crippen molar-refractivity contribution in [1.82, 2.24) is 4.90 Å². The normalized spacial score (nSPS) is 16.0. The SMILES string of the molecule is O=C1CN(C(=O)c2ccccc2F)[C@H](c2ccc(F)cc2)c2cc(Br)ccc2N1. The highest BCUT2D eigenvalue weighted by atomic mass is 79.9. The van der Waals surface area contributed by atoms with Crippen molar-refractivity contribution < 1.29 is 18.4 Å². The quantitative estimate of drug-likeness (QED) is 0.595. The second-order valence-corrected chi connectivity index (χ2v) is 7.56. The smallest absolute Gasteiger partial charge is 0.258 e. The predicted octanol–water partition coefficient (Wildman–Crippen LogP) is 4.91. The molecule has 0 fully saturated rings. The molecule has 4 nitrogen and oxygen atoms in total. The van der Waals surface area contributed by atoms with Gasteiger partial charge >= 0.3 is 0 Å². The molecule has 0 aromatic heterocycles. The Labute approximate surface area is 174 Å². The van der Waals surface area contributed by atoms with Crippen molar-refractivity contribution in [3.63, 3.8) is 0 Å². The number of nitrogens with one attached hydrogen (secondary N) is 1. The Morgan fingerprint density at radius 2 is 1.76 bits per heavy atom. The molecule has 3 aromatic rings. The fourth-order valence-electron chi connectivity index (χ4n) is 3.46. The van der Waals surface area contributed by atoms with Crippen LogP contribution in [-0.2, 0) is 4.79 Å². The average molecular weight is 457 g/mol. The first kappa shape index (κ1) is 19.3. The summed E-state index contributed by atoms with van der Waals surface area (Å²) in [4.78, 5) is 27.1. The fourth-order valence-corrected chi connectivity index (χ4v) is 3.84. The third-order valence-corrected chi connectivity index (χ3v) is 5.25. The van der Waals surface area contributed by atoms with Crippen molar-refractivity contribution in [3.05, 3.63) is 99.5 Å². The average Bonchev–Trinajstić information content (AvgIpc) is 2.84. The number of carbonyl (C=O) groups excluding carboxylic acids is 2. The van der Waals surface area contributed by atoms with E-state index < -0.39 is 29.5 Å². The van der Waals surface area contributed by atoms with Gasteiger partial charge in [-0.15, -0.1) is 0 Å². The van der Waals surface area contributed by atoms with E-state index in [9.17, 15) is 18.4 Å². The zero-order valence-electron chi connectivity index (χ0n) is 15.0. The number of halogens is 3. The summed E-state index contributed by atoms with van der Waals surface area (Å²) >= 11 is 3.42. The number of fused-ring (bicyclic) bond motifs is 1. The molecule has 1 atom stereocenters. The zero-order chi connectivity index (χ0) is 20.5. The summed E-state index contributed by atoms with van der Waals surface area (Å²) in [6.07, 6.45) is 0. The van der Waals surface area contributed by atoms with E-state index in [2.05, 4.69) is 21.2 Å². The van der Waals surface area contributed by atoms with Gasteiger partial charge in [0.1, 0.15) is 18.2 Å². The summed E-state index contributed by atoms with van der Waals surface area (Å²) < 4.78 is 28.6. The fraction of sp³-hybridized carbons (Fsp3) is 0.0909. The summed E-state index contributed by atoms with van der Waals surface area (Å²) in [6.45, 7) is -0.276. The molecule has 0 unspecified atom stereocenters. The minimum atomic E-state index is -0.714. The first-order valence-corrected chi connectivity index (χ1v) is 9.63. The lowest BCUT2D eigenvalue weighted by molar-refractivity contribution is -0.117. The second kappa shape index (κ2) is 7.75. The lowest BCUT2D eigenvalue weighted by Gasteiger charge is -2.31. The highest BCUT2D eigenvalue weighted by molar-refractivity contribution is 9.10. The van der Waals surface area contributed by atoms with E-state index in [0.29, 0.717) is 16.8 Å². The first-order chi connectivity index (χ1) is 13.9. The molecule has 146 valence electrons. The molecular weight excluding hydrogens is 442 g/mol. The Morgan fingerprint density at radius 3 is 2.48 bits per heavy atom. The molecule has 0 aliphatic carbocycles. The molecule has 2 amide bonds. The minimum absolute atomic E-state index is 0.133. The minimum Gasteiger partial charge on any atom is -0.324 e. The van der Waals surface area contributed by atoms with Crippen molar-refractivity contribution in [2.24, 2.45) is 0 Å². The van der Waals surface area contributed by atoms with Crippen molar-refractivity contribution in [3.8, 4) is 0 Å². The number of benzene rings is 3. The molecule has 0 saturated carbocycles. The number of nitrogens with zero attached hydrogens (tertiary/aromatic N) is 1. The number of hydrogen-bond acceptors (Lipinski definition) is 2. The predicted molar refractivity (Wildman–Crippen MR) is 108 cm³/mol. The van der Waals surface area contributed by atoms with Gasteiger partial charge in [-0.2, -0.15) is 0 Å². The lowest BCUT2D eigenvalue weighted by Crippen LogP contribution is -2.39. The largest absolute Gasteiger partial charge is 0.324 e. The molecule has 29 heavy (non-hydrogen) atoms. The molecule has 7 heteroatoms. The second-order valence-electron chi connectivity index (χ2n) is 6.65. The van der Waals surface area contributed by atoms with Crippen LogP contribution in [0.4, 0.5) is 14.5 Å². The third kappa shape index (κ3) is 3.78. The van der Waals surface area contributed by atoms with Crippen molar-refractivity contribution >= 4 is 33.4 Å². The Kier molecular flexibility index (Phi) is 5.15. The number of hydrogen-bond donors (Lipinski definition) is 1. The Bertz CT molecular complexity index is 1100. The van der Waals surface area contributed by atoms with Gasteiger partial charge in [0.05, 0.1) is 11.6 Å². The number of carbonyl (C=O) groups is 2. The Balaban J connectivity index is 1.91. The standard InChI is InChI=1S/C22H15BrF2N2O2/c23-14-7-10-19-17(11-14)21(13-5-8-15(24)9-6-13)27(12-20(28)26-19)22(29)16-3-1-2-4-18(16)25/h1-11,21H,12H2,(H,26,28)/t21-/m1/s1. The van der Waals surface area contributed by atoms with Gasteiger partial charge in [0.25, 0.3) is 5.91 Å². The van der Waals surface area contributed by atoms with Crippen LogP contribution in [0.15, 0.2) is 71.2 Å². The van der Waals surface area contributed by atoms with Gasteiger partial charge < -0.3 is 10.2 Å². The van der Waals surface area contributed by atoms with Crippen LogP contribution in [0.5, 0.6) is 0 Å². The van der Waals surface area contributed by atoms with Crippen LogP contribution in [0, 0.1) is 11.6 Å². The third-order valence-electron chi connectivity index (χ3n) is 4.76. The van der Waals surface area contributed by atoms with Gasteiger partial charge in [-0.3, -0.25) is 9.59 Å². The summed E-state index contributed by atoms with van der Waals surface area (Å²) in [5.74, 6) is -2.12. The maximum atomic E-state index is 14.3. The molecule has 4 rings (SSSR count). The van der Waals surface area contributed by atoms with Gasteiger partial charge in [0.2, 0.25) is 5.91 Å². The molecule has 3 aromatic carbocycles. The van der Waals surface area contributed by atoms with E-state index in [4.69, 9.17) is 0 Å². The number of anilines is 1. The molecular formula is C22H15BrF2N2O2. The Hall–Kier alpha value is -3.06. The van der Waals surface area contributed by atoms with Crippen LogP contribution in [0.25, 0.3) is 0 Å².